The van der Waals surface area contributed by atoms with E-state index in [1.165, 1.54) is 11.1 Å². The van der Waals surface area contributed by atoms with Crippen LogP contribution in [0.4, 0.5) is 0 Å². The van der Waals surface area contributed by atoms with Gasteiger partial charge in [-0.2, -0.15) is 5.26 Å². The van der Waals surface area contributed by atoms with E-state index in [2.05, 4.69) is 35.2 Å². The first kappa shape index (κ1) is 18.8. The molecule has 0 aromatic heterocycles. The molecule has 0 amide bonds. The molecule has 2 aromatic rings. The fourth-order valence-electron chi connectivity index (χ4n) is 4.33. The number of para-hydroxylation sites is 1. The maximum absolute atomic E-state index is 9.26. The monoisotopic (exact) mass is 378 g/mol. The van der Waals surface area contributed by atoms with Crippen molar-refractivity contribution in [1.82, 2.24) is 4.90 Å². The molecule has 5 heteroatoms. The predicted molar refractivity (Wildman–Crippen MR) is 107 cm³/mol. The fraction of sp³-hybridized carbons (Fsp3) is 0.435. The highest BCUT2D eigenvalue weighted by atomic mass is 16.5. The highest BCUT2D eigenvalue weighted by Crippen LogP contribution is 2.41. The van der Waals surface area contributed by atoms with Gasteiger partial charge in [-0.3, -0.25) is 4.90 Å². The number of fused-ring (bicyclic) bond motifs is 1. The van der Waals surface area contributed by atoms with E-state index in [1.807, 2.05) is 18.2 Å². The van der Waals surface area contributed by atoms with Crippen LogP contribution in [0.5, 0.6) is 11.5 Å². The van der Waals surface area contributed by atoms with E-state index in [-0.39, 0.29) is 12.1 Å². The van der Waals surface area contributed by atoms with Crippen LogP contribution in [0.2, 0.25) is 0 Å². The normalized spacial score (nSPS) is 22.1. The average molecular weight is 378 g/mol. The van der Waals surface area contributed by atoms with Crippen LogP contribution in [0.15, 0.2) is 42.5 Å². The van der Waals surface area contributed by atoms with Crippen molar-refractivity contribution in [2.45, 2.75) is 31.4 Å². The summed E-state index contributed by atoms with van der Waals surface area (Å²) >= 11 is 0. The number of methoxy groups -OCH3 is 1. The molecule has 2 aliphatic rings. The maximum atomic E-state index is 9.26. The zero-order chi connectivity index (χ0) is 19.3. The second-order valence-corrected chi connectivity index (χ2v) is 7.28. The summed E-state index contributed by atoms with van der Waals surface area (Å²) in [6.07, 6.45) is 2.29. The summed E-state index contributed by atoms with van der Waals surface area (Å²) in [4.78, 5) is 2.49. The fourth-order valence-corrected chi connectivity index (χ4v) is 4.33. The van der Waals surface area contributed by atoms with E-state index in [0.717, 1.165) is 44.7 Å². The summed E-state index contributed by atoms with van der Waals surface area (Å²) in [6.45, 7) is 3.37. The van der Waals surface area contributed by atoms with Crippen LogP contribution >= 0.6 is 0 Å². The molecule has 0 spiro atoms. The SMILES string of the molecule is COc1cccc(CC#N)c1O[C@H]1c2ccccc2CC[C@@H]1N1CCOCC1. The lowest BCUT2D eigenvalue weighted by Gasteiger charge is -2.42. The van der Waals surface area contributed by atoms with Crippen molar-refractivity contribution < 1.29 is 14.2 Å². The van der Waals surface area contributed by atoms with Crippen molar-refractivity contribution in [3.63, 3.8) is 0 Å². The van der Waals surface area contributed by atoms with Gasteiger partial charge < -0.3 is 14.2 Å². The summed E-state index contributed by atoms with van der Waals surface area (Å²) in [5, 5.41) is 9.26. The number of ether oxygens (including phenoxy) is 3. The van der Waals surface area contributed by atoms with E-state index in [9.17, 15) is 5.26 Å². The Labute approximate surface area is 166 Å². The van der Waals surface area contributed by atoms with Crippen molar-refractivity contribution in [3.8, 4) is 17.6 Å². The van der Waals surface area contributed by atoms with Crippen molar-refractivity contribution in [3.05, 3.63) is 59.2 Å². The van der Waals surface area contributed by atoms with Crippen LogP contribution < -0.4 is 9.47 Å². The van der Waals surface area contributed by atoms with Gasteiger partial charge in [0.05, 0.1) is 38.9 Å². The minimum absolute atomic E-state index is 0.100. The molecule has 0 unspecified atom stereocenters. The smallest absolute Gasteiger partial charge is 0.166 e. The van der Waals surface area contributed by atoms with Crippen molar-refractivity contribution in [1.29, 1.82) is 5.26 Å². The molecule has 0 bridgehead atoms. The Bertz CT molecular complexity index is 855. The quantitative estimate of drug-likeness (QED) is 0.797. The Hall–Kier alpha value is -2.55. The predicted octanol–water partition coefficient (Wildman–Crippen LogP) is 3.53. The Balaban J connectivity index is 1.73. The molecule has 0 N–H and O–H groups in total. The summed E-state index contributed by atoms with van der Waals surface area (Å²) < 4.78 is 17.8. The molecule has 2 aromatic carbocycles. The standard InChI is InChI=1S/C23H26N2O3/c1-26-21-8-4-6-18(11-12-24)22(21)28-23-19-7-3-2-5-17(19)9-10-20(23)25-13-15-27-16-14-25/h2-8,20,23H,9-11,13-16H2,1H3/t20-,23-/m0/s1. The lowest BCUT2D eigenvalue weighted by atomic mass is 9.84. The zero-order valence-electron chi connectivity index (χ0n) is 16.3. The van der Waals surface area contributed by atoms with Crippen LogP contribution in [0.1, 0.15) is 29.2 Å². The number of nitrogens with zero attached hydrogens (tertiary/aromatic N) is 2. The largest absolute Gasteiger partial charge is 0.493 e. The second-order valence-electron chi connectivity index (χ2n) is 7.28. The minimum atomic E-state index is -0.100. The van der Waals surface area contributed by atoms with Crippen LogP contribution in [0.25, 0.3) is 0 Å². The number of benzene rings is 2. The van der Waals surface area contributed by atoms with Crippen molar-refractivity contribution >= 4 is 0 Å². The zero-order valence-corrected chi connectivity index (χ0v) is 16.3. The van der Waals surface area contributed by atoms with Crippen LogP contribution in [0, 0.1) is 11.3 Å². The van der Waals surface area contributed by atoms with Gasteiger partial charge in [0.25, 0.3) is 0 Å². The molecule has 5 nitrogen and oxygen atoms in total. The molecule has 146 valence electrons. The van der Waals surface area contributed by atoms with Gasteiger partial charge in [-0.15, -0.1) is 0 Å². The molecule has 1 heterocycles. The topological polar surface area (TPSA) is 54.7 Å². The van der Waals surface area contributed by atoms with Crippen molar-refractivity contribution in [2.24, 2.45) is 0 Å². The van der Waals surface area contributed by atoms with Gasteiger partial charge in [0.2, 0.25) is 0 Å². The van der Waals surface area contributed by atoms with E-state index in [0.29, 0.717) is 17.9 Å². The lowest BCUT2D eigenvalue weighted by Crippen LogP contribution is -2.49. The summed E-state index contributed by atoms with van der Waals surface area (Å²) in [6, 6.07) is 16.8. The van der Waals surface area contributed by atoms with E-state index >= 15 is 0 Å². The minimum Gasteiger partial charge on any atom is -0.493 e. The third-order valence-corrected chi connectivity index (χ3v) is 5.73. The highest BCUT2D eigenvalue weighted by molar-refractivity contribution is 5.48. The van der Waals surface area contributed by atoms with Crippen LogP contribution in [0.3, 0.4) is 0 Å². The number of hydrogen-bond donors (Lipinski definition) is 0. The third-order valence-electron chi connectivity index (χ3n) is 5.73. The Morgan fingerprint density at radius 3 is 2.75 bits per heavy atom. The van der Waals surface area contributed by atoms with E-state index in [1.54, 1.807) is 7.11 Å². The summed E-state index contributed by atoms with van der Waals surface area (Å²) in [7, 11) is 1.65. The molecular formula is C23H26N2O3. The molecule has 0 radical (unpaired) electrons. The molecule has 1 aliphatic heterocycles. The van der Waals surface area contributed by atoms with Gasteiger partial charge in [0.1, 0.15) is 6.10 Å². The van der Waals surface area contributed by atoms with Crippen LogP contribution in [-0.2, 0) is 17.6 Å². The van der Waals surface area contributed by atoms with Gasteiger partial charge in [0.15, 0.2) is 11.5 Å². The first-order valence-electron chi connectivity index (χ1n) is 9.91. The van der Waals surface area contributed by atoms with Crippen molar-refractivity contribution in [2.75, 3.05) is 33.4 Å². The van der Waals surface area contributed by atoms with Gasteiger partial charge >= 0.3 is 0 Å². The average Bonchev–Trinajstić information content (AvgIpc) is 2.75. The Morgan fingerprint density at radius 2 is 1.96 bits per heavy atom. The number of nitriles is 1. The highest BCUT2D eigenvalue weighted by Gasteiger charge is 2.36. The van der Waals surface area contributed by atoms with E-state index in [4.69, 9.17) is 14.2 Å². The molecule has 1 fully saturated rings. The van der Waals surface area contributed by atoms with E-state index < -0.39 is 0 Å². The summed E-state index contributed by atoms with van der Waals surface area (Å²) in [5.41, 5.74) is 3.44. The number of aryl methyl sites for hydroxylation is 1. The second kappa shape index (κ2) is 8.64. The Morgan fingerprint density at radius 1 is 1.14 bits per heavy atom. The first-order valence-corrected chi connectivity index (χ1v) is 9.91. The molecular weight excluding hydrogens is 352 g/mol. The number of morpholine rings is 1. The molecule has 0 saturated carbocycles. The van der Waals surface area contributed by atoms with Gasteiger partial charge in [0, 0.05) is 18.7 Å². The van der Waals surface area contributed by atoms with Gasteiger partial charge in [-0.05, 0) is 30.0 Å². The number of hydrogen-bond acceptors (Lipinski definition) is 5. The van der Waals surface area contributed by atoms with Gasteiger partial charge in [-0.25, -0.2) is 0 Å². The summed E-state index contributed by atoms with van der Waals surface area (Å²) in [5.74, 6) is 1.36. The molecule has 1 saturated heterocycles. The Kier molecular flexibility index (Phi) is 5.80. The number of rotatable bonds is 5. The molecule has 4 rings (SSSR count). The third kappa shape index (κ3) is 3.71. The molecule has 1 aliphatic carbocycles. The molecule has 2 atom stereocenters. The van der Waals surface area contributed by atoms with Crippen LogP contribution in [-0.4, -0.2) is 44.4 Å². The lowest BCUT2D eigenvalue weighted by molar-refractivity contribution is -0.0220. The maximum Gasteiger partial charge on any atom is 0.166 e. The first-order chi connectivity index (χ1) is 13.8. The molecule has 28 heavy (non-hydrogen) atoms. The van der Waals surface area contributed by atoms with Gasteiger partial charge in [-0.1, -0.05) is 36.4 Å².